The van der Waals surface area contributed by atoms with E-state index in [-0.39, 0.29) is 18.1 Å². The zero-order valence-electron chi connectivity index (χ0n) is 14.3. The SMILES string of the molecule is O=C(NCCc1cnc(C2CC2)nc1)N1CCc2c(F)ccc(F)c2C1. The first-order valence-corrected chi connectivity index (χ1v) is 8.91. The number of carbonyl (C=O) groups excluding carboxylic acids is 1. The number of nitrogens with one attached hydrogen (secondary N) is 1. The van der Waals surface area contributed by atoms with Gasteiger partial charge in [-0.25, -0.2) is 23.5 Å². The molecule has 0 saturated heterocycles. The van der Waals surface area contributed by atoms with Gasteiger partial charge < -0.3 is 10.2 Å². The fourth-order valence-corrected chi connectivity index (χ4v) is 3.24. The van der Waals surface area contributed by atoms with Crippen molar-refractivity contribution < 1.29 is 13.6 Å². The maximum Gasteiger partial charge on any atom is 0.317 e. The molecule has 26 heavy (non-hydrogen) atoms. The van der Waals surface area contributed by atoms with E-state index in [0.29, 0.717) is 37.4 Å². The van der Waals surface area contributed by atoms with Gasteiger partial charge in [0.05, 0.1) is 6.54 Å². The summed E-state index contributed by atoms with van der Waals surface area (Å²) >= 11 is 0. The molecule has 2 heterocycles. The van der Waals surface area contributed by atoms with E-state index in [4.69, 9.17) is 0 Å². The molecule has 0 bridgehead atoms. The molecule has 0 spiro atoms. The van der Waals surface area contributed by atoms with E-state index < -0.39 is 11.6 Å². The van der Waals surface area contributed by atoms with Crippen molar-refractivity contribution >= 4 is 6.03 Å². The number of benzene rings is 1. The van der Waals surface area contributed by atoms with Crippen molar-refractivity contribution in [2.24, 2.45) is 0 Å². The van der Waals surface area contributed by atoms with Crippen LogP contribution in [0.15, 0.2) is 24.5 Å². The van der Waals surface area contributed by atoms with Crippen molar-refractivity contribution in [2.45, 2.75) is 38.1 Å². The Morgan fingerprint density at radius 1 is 1.15 bits per heavy atom. The smallest absolute Gasteiger partial charge is 0.317 e. The average molecular weight is 358 g/mol. The van der Waals surface area contributed by atoms with Crippen molar-refractivity contribution in [2.75, 3.05) is 13.1 Å². The fraction of sp³-hybridized carbons (Fsp3) is 0.421. The molecular weight excluding hydrogens is 338 g/mol. The molecule has 5 nitrogen and oxygen atoms in total. The van der Waals surface area contributed by atoms with Crippen LogP contribution in [0.2, 0.25) is 0 Å². The molecule has 7 heteroatoms. The van der Waals surface area contributed by atoms with Gasteiger partial charge in [0, 0.05) is 37.0 Å². The van der Waals surface area contributed by atoms with Gasteiger partial charge in [-0.05, 0) is 48.9 Å². The van der Waals surface area contributed by atoms with E-state index in [1.165, 1.54) is 17.7 Å². The number of urea groups is 1. The quantitative estimate of drug-likeness (QED) is 0.914. The third kappa shape index (κ3) is 3.52. The summed E-state index contributed by atoms with van der Waals surface area (Å²) in [6, 6.07) is 1.98. The minimum Gasteiger partial charge on any atom is -0.338 e. The van der Waals surface area contributed by atoms with Crippen molar-refractivity contribution in [3.8, 4) is 0 Å². The Labute approximate surface area is 150 Å². The zero-order chi connectivity index (χ0) is 18.1. The molecule has 136 valence electrons. The lowest BCUT2D eigenvalue weighted by Gasteiger charge is -2.29. The lowest BCUT2D eigenvalue weighted by molar-refractivity contribution is 0.191. The van der Waals surface area contributed by atoms with Gasteiger partial charge in [0.15, 0.2) is 0 Å². The summed E-state index contributed by atoms with van der Waals surface area (Å²) in [6.45, 7) is 0.905. The predicted molar refractivity (Wildman–Crippen MR) is 91.6 cm³/mol. The molecule has 0 atom stereocenters. The van der Waals surface area contributed by atoms with Crippen LogP contribution >= 0.6 is 0 Å². The van der Waals surface area contributed by atoms with Gasteiger partial charge in [-0.3, -0.25) is 0 Å². The lowest BCUT2D eigenvalue weighted by atomic mass is 9.99. The second-order valence-corrected chi connectivity index (χ2v) is 6.86. The van der Waals surface area contributed by atoms with Crippen LogP contribution in [0.25, 0.3) is 0 Å². The predicted octanol–water partition coefficient (Wildman–Crippen LogP) is 2.94. The second-order valence-electron chi connectivity index (χ2n) is 6.86. The molecule has 2 aliphatic rings. The Morgan fingerprint density at radius 3 is 2.54 bits per heavy atom. The normalized spacial score (nSPS) is 16.3. The Bertz CT molecular complexity index is 821. The van der Waals surface area contributed by atoms with E-state index in [0.717, 1.165) is 23.5 Å². The van der Waals surface area contributed by atoms with Crippen LogP contribution in [0.4, 0.5) is 13.6 Å². The van der Waals surface area contributed by atoms with Gasteiger partial charge in [-0.1, -0.05) is 0 Å². The van der Waals surface area contributed by atoms with Crippen molar-refractivity contribution in [3.05, 3.63) is 58.7 Å². The summed E-state index contributed by atoms with van der Waals surface area (Å²) in [5.74, 6) is 0.554. The van der Waals surface area contributed by atoms with Crippen LogP contribution in [0.1, 0.15) is 41.3 Å². The van der Waals surface area contributed by atoms with E-state index in [2.05, 4.69) is 15.3 Å². The minimum atomic E-state index is -0.466. The highest BCUT2D eigenvalue weighted by atomic mass is 19.1. The number of hydrogen-bond donors (Lipinski definition) is 1. The minimum absolute atomic E-state index is 0.0873. The molecular formula is C19H20F2N4O. The largest absolute Gasteiger partial charge is 0.338 e. The molecule has 0 radical (unpaired) electrons. The molecule has 2 amide bonds. The summed E-state index contributed by atoms with van der Waals surface area (Å²) < 4.78 is 27.7. The number of amides is 2. The van der Waals surface area contributed by atoms with Gasteiger partial charge in [-0.15, -0.1) is 0 Å². The first-order chi connectivity index (χ1) is 12.6. The van der Waals surface area contributed by atoms with Crippen molar-refractivity contribution in [3.63, 3.8) is 0 Å². The topological polar surface area (TPSA) is 58.1 Å². The zero-order valence-corrected chi connectivity index (χ0v) is 14.3. The monoisotopic (exact) mass is 358 g/mol. The van der Waals surface area contributed by atoms with Crippen LogP contribution < -0.4 is 5.32 Å². The number of rotatable bonds is 4. The number of halogens is 2. The van der Waals surface area contributed by atoms with Gasteiger partial charge in [-0.2, -0.15) is 0 Å². The first-order valence-electron chi connectivity index (χ1n) is 8.91. The highest BCUT2D eigenvalue weighted by molar-refractivity contribution is 5.74. The summed E-state index contributed by atoms with van der Waals surface area (Å²) in [4.78, 5) is 22.5. The van der Waals surface area contributed by atoms with Gasteiger partial charge in [0.2, 0.25) is 0 Å². The van der Waals surface area contributed by atoms with Crippen LogP contribution in [0.5, 0.6) is 0 Å². The van der Waals surface area contributed by atoms with Crippen LogP contribution in [-0.4, -0.2) is 34.0 Å². The second kappa shape index (κ2) is 6.97. The summed E-state index contributed by atoms with van der Waals surface area (Å²) in [5.41, 5.74) is 1.62. The van der Waals surface area contributed by atoms with Crippen molar-refractivity contribution in [1.29, 1.82) is 0 Å². The van der Waals surface area contributed by atoms with E-state index in [9.17, 15) is 13.6 Å². The molecule has 0 unspecified atom stereocenters. The van der Waals surface area contributed by atoms with Gasteiger partial charge in [0.25, 0.3) is 0 Å². The summed E-state index contributed by atoms with van der Waals surface area (Å²) in [6.07, 6.45) is 6.90. The third-order valence-corrected chi connectivity index (χ3v) is 4.94. The van der Waals surface area contributed by atoms with Crippen LogP contribution in [0.3, 0.4) is 0 Å². The molecule has 4 rings (SSSR count). The van der Waals surface area contributed by atoms with E-state index in [1.54, 1.807) is 0 Å². The highest BCUT2D eigenvalue weighted by Gasteiger charge is 2.26. The maximum atomic E-state index is 13.9. The van der Waals surface area contributed by atoms with Crippen LogP contribution in [0, 0.1) is 11.6 Å². The number of fused-ring (bicyclic) bond motifs is 1. The Hall–Kier alpha value is -2.57. The number of carbonyl (C=O) groups is 1. The standard InChI is InChI=1S/C19H20F2N4O/c20-16-3-4-17(21)15-11-25(8-6-14(15)16)19(26)22-7-5-12-9-23-18(24-10-12)13-1-2-13/h3-4,9-10,13H,1-2,5-8,11H2,(H,22,26). The third-order valence-electron chi connectivity index (χ3n) is 4.94. The number of aromatic nitrogens is 2. The number of hydrogen-bond acceptors (Lipinski definition) is 3. The highest BCUT2D eigenvalue weighted by Crippen LogP contribution is 2.37. The van der Waals surface area contributed by atoms with Crippen LogP contribution in [-0.2, 0) is 19.4 Å². The molecule has 2 aromatic rings. The van der Waals surface area contributed by atoms with E-state index >= 15 is 0 Å². The van der Waals surface area contributed by atoms with Gasteiger partial charge >= 0.3 is 6.03 Å². The Kier molecular flexibility index (Phi) is 4.53. The Balaban J connectivity index is 1.30. The lowest BCUT2D eigenvalue weighted by Crippen LogP contribution is -2.43. The molecule has 1 aliphatic heterocycles. The summed E-state index contributed by atoms with van der Waals surface area (Å²) in [5, 5.41) is 2.83. The molecule has 1 fully saturated rings. The fourth-order valence-electron chi connectivity index (χ4n) is 3.24. The Morgan fingerprint density at radius 2 is 1.85 bits per heavy atom. The molecule has 1 aliphatic carbocycles. The van der Waals surface area contributed by atoms with Crippen molar-refractivity contribution in [1.82, 2.24) is 20.2 Å². The number of nitrogens with zero attached hydrogens (tertiary/aromatic N) is 3. The summed E-state index contributed by atoms with van der Waals surface area (Å²) in [7, 11) is 0. The molecule has 1 saturated carbocycles. The first kappa shape index (κ1) is 16.9. The van der Waals surface area contributed by atoms with Gasteiger partial charge in [0.1, 0.15) is 17.5 Å². The molecule has 1 aromatic carbocycles. The molecule has 1 aromatic heterocycles. The average Bonchev–Trinajstić information content (AvgIpc) is 3.50. The maximum absolute atomic E-state index is 13.9. The van der Waals surface area contributed by atoms with E-state index in [1.807, 2.05) is 12.4 Å². The molecule has 1 N–H and O–H groups in total.